The van der Waals surface area contributed by atoms with Gasteiger partial charge in [0.25, 0.3) is 0 Å². The molecule has 2 N–H and O–H groups in total. The van der Waals surface area contributed by atoms with Gasteiger partial charge in [0.1, 0.15) is 17.0 Å². The number of benzene rings is 3. The van der Waals surface area contributed by atoms with Gasteiger partial charge in [-0.2, -0.15) is 5.26 Å². The van der Waals surface area contributed by atoms with Crippen molar-refractivity contribution in [1.29, 1.82) is 5.26 Å². The van der Waals surface area contributed by atoms with Gasteiger partial charge >= 0.3 is 11.9 Å². The highest BCUT2D eigenvalue weighted by atomic mass is 79.9. The summed E-state index contributed by atoms with van der Waals surface area (Å²) in [6.45, 7) is 0. The van der Waals surface area contributed by atoms with Crippen molar-refractivity contribution in [3.05, 3.63) is 104 Å². The zero-order valence-electron chi connectivity index (χ0n) is 21.1. The molecule has 1 unspecified atom stereocenters. The quantitative estimate of drug-likeness (QED) is 0.275. The largest absolute Gasteiger partial charge is 0.466 e. The first-order valence-corrected chi connectivity index (χ1v) is 13.0. The Bertz CT molecular complexity index is 1770. The molecule has 0 radical (unpaired) electrons. The van der Waals surface area contributed by atoms with Crippen molar-refractivity contribution in [3.63, 3.8) is 0 Å². The van der Waals surface area contributed by atoms with E-state index in [1.807, 2.05) is 0 Å². The third-order valence-electron chi connectivity index (χ3n) is 6.40. The summed E-state index contributed by atoms with van der Waals surface area (Å²) < 4.78 is 16.9. The minimum absolute atomic E-state index is 0.0532. The predicted molar refractivity (Wildman–Crippen MR) is 152 cm³/mol. The van der Waals surface area contributed by atoms with Gasteiger partial charge in [-0.3, -0.25) is 4.90 Å². The lowest BCUT2D eigenvalue weighted by Crippen LogP contribution is -2.40. The van der Waals surface area contributed by atoms with Crippen LogP contribution in [0.25, 0.3) is 22.6 Å². The molecule has 0 fully saturated rings. The number of nitriles is 1. The lowest BCUT2D eigenvalue weighted by Gasteiger charge is -2.35. The lowest BCUT2D eigenvalue weighted by atomic mass is 9.81. The molecule has 4 aromatic rings. The molecule has 40 heavy (non-hydrogen) atoms. The van der Waals surface area contributed by atoms with E-state index in [4.69, 9.17) is 31.2 Å². The van der Waals surface area contributed by atoms with E-state index in [2.05, 4.69) is 27.0 Å². The first-order chi connectivity index (χ1) is 19.3. The van der Waals surface area contributed by atoms with Crippen LogP contribution in [0, 0.1) is 11.3 Å². The topological polar surface area (TPSA) is 132 Å². The molecule has 0 spiro atoms. The van der Waals surface area contributed by atoms with Gasteiger partial charge in [0, 0.05) is 4.47 Å². The molecule has 0 saturated carbocycles. The summed E-state index contributed by atoms with van der Waals surface area (Å²) in [5.74, 6) is -2.40. The van der Waals surface area contributed by atoms with E-state index in [0.717, 1.165) is 4.47 Å². The molecular weight excluding hydrogens is 600 g/mol. The Morgan fingerprint density at radius 3 is 2.48 bits per heavy atom. The van der Waals surface area contributed by atoms with E-state index in [1.165, 1.54) is 19.1 Å². The second-order valence-electron chi connectivity index (χ2n) is 8.63. The van der Waals surface area contributed by atoms with Crippen molar-refractivity contribution in [2.45, 2.75) is 5.92 Å². The van der Waals surface area contributed by atoms with E-state index in [1.54, 1.807) is 66.7 Å². The van der Waals surface area contributed by atoms with E-state index >= 15 is 0 Å². The van der Waals surface area contributed by atoms with Crippen LogP contribution in [0.3, 0.4) is 0 Å². The number of esters is 2. The summed E-state index contributed by atoms with van der Waals surface area (Å²) >= 11 is 9.80. The van der Waals surface area contributed by atoms with Crippen molar-refractivity contribution in [2.75, 3.05) is 19.1 Å². The molecule has 3 aromatic carbocycles. The van der Waals surface area contributed by atoms with Crippen molar-refractivity contribution in [3.8, 4) is 17.5 Å². The molecule has 1 aromatic heterocycles. The molecule has 1 atom stereocenters. The number of oxazole rings is 1. The summed E-state index contributed by atoms with van der Waals surface area (Å²) in [6.07, 6.45) is 0. The van der Waals surface area contributed by atoms with Gasteiger partial charge in [0.2, 0.25) is 5.89 Å². The average Bonchev–Trinajstić information content (AvgIpc) is 3.40. The molecule has 5 rings (SSSR count). The number of methoxy groups -OCH3 is 2. The average molecular weight is 620 g/mol. The van der Waals surface area contributed by atoms with E-state index in [9.17, 15) is 14.9 Å². The van der Waals surface area contributed by atoms with E-state index < -0.39 is 17.9 Å². The maximum atomic E-state index is 13.3. The van der Waals surface area contributed by atoms with Gasteiger partial charge in [-0.1, -0.05) is 57.9 Å². The fraction of sp³-hybridized carbons (Fsp3) is 0.103. The smallest absolute Gasteiger partial charge is 0.355 e. The van der Waals surface area contributed by atoms with Crippen LogP contribution in [0.5, 0.6) is 0 Å². The van der Waals surface area contributed by atoms with E-state index in [-0.39, 0.29) is 28.6 Å². The number of ether oxygens (including phenoxy) is 2. The Balaban J connectivity index is 1.74. The van der Waals surface area contributed by atoms with Crippen molar-refractivity contribution in [2.24, 2.45) is 5.73 Å². The third kappa shape index (κ3) is 4.59. The zero-order chi connectivity index (χ0) is 28.6. The number of allylic oxidation sites excluding steroid dienone is 1. The number of nitrogens with two attached hydrogens (primary N) is 1. The number of aromatic nitrogens is 1. The molecule has 0 aliphatic carbocycles. The second kappa shape index (κ2) is 10.9. The number of hydrogen-bond acceptors (Lipinski definition) is 9. The number of anilines is 1. The lowest BCUT2D eigenvalue weighted by molar-refractivity contribution is -0.139. The maximum absolute atomic E-state index is 13.3. The molecule has 0 amide bonds. The van der Waals surface area contributed by atoms with Gasteiger partial charge in [0.15, 0.2) is 5.58 Å². The summed E-state index contributed by atoms with van der Waals surface area (Å²) in [5.41, 5.74) is 8.71. The fourth-order valence-corrected chi connectivity index (χ4v) is 5.17. The third-order valence-corrected chi connectivity index (χ3v) is 7.22. The van der Waals surface area contributed by atoms with Crippen LogP contribution >= 0.6 is 27.5 Å². The number of nitrogens with zero attached hydrogens (tertiary/aromatic N) is 3. The van der Waals surface area contributed by atoms with Gasteiger partial charge < -0.3 is 19.6 Å². The van der Waals surface area contributed by atoms with Crippen LogP contribution in [-0.4, -0.2) is 31.1 Å². The highest BCUT2D eigenvalue weighted by Gasteiger charge is 2.43. The first kappa shape index (κ1) is 27.0. The number of fused-ring (bicyclic) bond motifs is 1. The second-order valence-corrected chi connectivity index (χ2v) is 9.95. The Labute approximate surface area is 242 Å². The highest BCUT2D eigenvalue weighted by molar-refractivity contribution is 9.10. The van der Waals surface area contributed by atoms with Crippen LogP contribution in [0.2, 0.25) is 5.02 Å². The van der Waals surface area contributed by atoms with Gasteiger partial charge in [0.05, 0.1) is 53.6 Å². The summed E-state index contributed by atoms with van der Waals surface area (Å²) in [6, 6.07) is 21.1. The molecule has 0 bridgehead atoms. The monoisotopic (exact) mass is 618 g/mol. The Kier molecular flexibility index (Phi) is 7.34. The molecule has 1 aliphatic heterocycles. The minimum atomic E-state index is -0.968. The summed E-state index contributed by atoms with van der Waals surface area (Å²) in [7, 11) is 2.38. The van der Waals surface area contributed by atoms with Crippen LogP contribution in [0.4, 0.5) is 5.69 Å². The molecular formula is C29H20BrClN4O5. The summed E-state index contributed by atoms with van der Waals surface area (Å²) in [5, 5.41) is 10.7. The fourth-order valence-electron chi connectivity index (χ4n) is 4.61. The van der Waals surface area contributed by atoms with E-state index in [0.29, 0.717) is 32.9 Å². The standard InChI is InChI=1S/C29H20BrClN4O5/c1-38-28(36)24-23(15-6-4-3-5-7-15)19(14-32)26(33)35(25(24)29(37)39-2)17-9-11-22-21(13-17)34-27(40-22)18-12-16(30)8-10-20(18)31/h3-13,23H,33H2,1-2H3. The number of halogens is 2. The molecule has 1 aliphatic rings. The predicted octanol–water partition coefficient (Wildman–Crippen LogP) is 5.81. The first-order valence-electron chi connectivity index (χ1n) is 11.8. The number of carbonyl (C=O) groups excluding carboxylic acids is 2. The van der Waals surface area contributed by atoms with Crippen molar-refractivity contribution >= 4 is 56.3 Å². The normalized spacial score (nSPS) is 15.3. The number of carbonyl (C=O) groups is 2. The Morgan fingerprint density at radius 2 is 1.80 bits per heavy atom. The molecule has 9 nitrogen and oxygen atoms in total. The summed E-state index contributed by atoms with van der Waals surface area (Å²) in [4.78, 5) is 32.4. The van der Waals surface area contributed by atoms with Crippen molar-refractivity contribution < 1.29 is 23.5 Å². The zero-order valence-corrected chi connectivity index (χ0v) is 23.5. The minimum Gasteiger partial charge on any atom is -0.466 e. The molecule has 11 heteroatoms. The van der Waals surface area contributed by atoms with Crippen molar-refractivity contribution in [1.82, 2.24) is 4.98 Å². The van der Waals surface area contributed by atoms with Crippen LogP contribution in [-0.2, 0) is 19.1 Å². The SMILES string of the molecule is COC(=O)C1=C(C(=O)OC)N(c2ccc3oc(-c4cc(Br)ccc4Cl)nc3c2)C(N)=C(C#N)C1c1ccccc1. The Morgan fingerprint density at radius 1 is 1.07 bits per heavy atom. The molecule has 2 heterocycles. The molecule has 0 saturated heterocycles. The van der Waals surface area contributed by atoms with Crippen LogP contribution < -0.4 is 10.6 Å². The Hall–Kier alpha value is -4.59. The number of rotatable bonds is 5. The molecule has 200 valence electrons. The van der Waals surface area contributed by atoms with Gasteiger partial charge in [-0.05, 0) is 42.0 Å². The number of hydrogen-bond donors (Lipinski definition) is 1. The highest BCUT2D eigenvalue weighted by Crippen LogP contribution is 2.44. The maximum Gasteiger partial charge on any atom is 0.355 e. The van der Waals surface area contributed by atoms with Gasteiger partial charge in [-0.25, -0.2) is 14.6 Å². The van der Waals surface area contributed by atoms with Crippen LogP contribution in [0.1, 0.15) is 11.5 Å². The van der Waals surface area contributed by atoms with Crippen LogP contribution in [0.15, 0.2) is 98.3 Å². The van der Waals surface area contributed by atoms with Gasteiger partial charge in [-0.15, -0.1) is 0 Å².